The fourth-order valence-electron chi connectivity index (χ4n) is 2.59. The molecule has 0 unspecified atom stereocenters. The number of carbonyl (C=O) groups excluding carboxylic acids is 1. The predicted molar refractivity (Wildman–Crippen MR) is 112 cm³/mol. The Bertz CT molecular complexity index is 1020. The molecule has 144 valence electrons. The Morgan fingerprint density at radius 1 is 0.966 bits per heavy atom. The number of amides is 1. The molecule has 0 spiro atoms. The summed E-state index contributed by atoms with van der Waals surface area (Å²) in [6.45, 7) is 0.468. The van der Waals surface area contributed by atoms with E-state index in [1.165, 1.54) is 6.08 Å². The molecule has 1 amide bonds. The third kappa shape index (κ3) is 5.72. The molecule has 3 aromatic rings. The summed E-state index contributed by atoms with van der Waals surface area (Å²) < 4.78 is 10.8. The number of carbonyl (C=O) groups is 1. The van der Waals surface area contributed by atoms with E-state index in [-0.39, 0.29) is 5.57 Å². The molecule has 3 rings (SSSR count). The van der Waals surface area contributed by atoms with Crippen molar-refractivity contribution in [3.63, 3.8) is 0 Å². The maximum absolute atomic E-state index is 12.4. The van der Waals surface area contributed by atoms with Crippen molar-refractivity contribution in [3.05, 3.63) is 95.6 Å². The molecule has 0 bridgehead atoms. The number of benzene rings is 3. The van der Waals surface area contributed by atoms with Crippen LogP contribution in [0.4, 0.5) is 5.69 Å². The first-order valence-corrected chi connectivity index (χ1v) is 9.02. The number of nitriles is 1. The molecule has 0 saturated carbocycles. The van der Waals surface area contributed by atoms with Gasteiger partial charge in [-0.25, -0.2) is 0 Å². The summed E-state index contributed by atoms with van der Waals surface area (Å²) in [4.78, 5) is 12.4. The van der Waals surface area contributed by atoms with Gasteiger partial charge in [-0.15, -0.1) is 0 Å². The van der Waals surface area contributed by atoms with Gasteiger partial charge in [-0.3, -0.25) is 4.79 Å². The van der Waals surface area contributed by atoms with Crippen LogP contribution in [0.5, 0.6) is 11.5 Å². The van der Waals surface area contributed by atoms with Crippen molar-refractivity contribution in [2.45, 2.75) is 6.61 Å². The van der Waals surface area contributed by atoms with Crippen LogP contribution in [0.3, 0.4) is 0 Å². The highest BCUT2D eigenvalue weighted by molar-refractivity contribution is 6.09. The number of rotatable bonds is 7. The minimum absolute atomic E-state index is 0.0135. The number of ether oxygens (including phenoxy) is 2. The van der Waals surface area contributed by atoms with Crippen LogP contribution in [0, 0.1) is 11.3 Å². The Kier molecular flexibility index (Phi) is 6.64. The summed E-state index contributed by atoms with van der Waals surface area (Å²) in [5.74, 6) is 0.932. The maximum atomic E-state index is 12.4. The summed E-state index contributed by atoms with van der Waals surface area (Å²) >= 11 is 0. The maximum Gasteiger partial charge on any atom is 0.266 e. The van der Waals surface area contributed by atoms with E-state index in [2.05, 4.69) is 5.32 Å². The van der Waals surface area contributed by atoms with E-state index in [1.807, 2.05) is 36.4 Å². The number of nitrogens with one attached hydrogen (secondary N) is 1. The number of anilines is 1. The average Bonchev–Trinajstić information content (AvgIpc) is 2.78. The molecule has 5 nitrogen and oxygen atoms in total. The molecular weight excluding hydrogens is 364 g/mol. The molecule has 0 saturated heterocycles. The zero-order valence-corrected chi connectivity index (χ0v) is 16.0. The molecule has 0 fully saturated rings. The van der Waals surface area contributed by atoms with Crippen LogP contribution in [0.1, 0.15) is 11.1 Å². The van der Waals surface area contributed by atoms with Gasteiger partial charge in [0.1, 0.15) is 29.7 Å². The SMILES string of the molecule is COc1ccc(C=C(C#N)C(=O)Nc2ccc(OCc3ccccc3)cc2)cc1. The number of hydrogen-bond acceptors (Lipinski definition) is 4. The first-order valence-electron chi connectivity index (χ1n) is 9.02. The fraction of sp³-hybridized carbons (Fsp3) is 0.0833. The van der Waals surface area contributed by atoms with Gasteiger partial charge in [-0.2, -0.15) is 5.26 Å². The Hall–Kier alpha value is -4.04. The van der Waals surface area contributed by atoms with Crippen molar-refractivity contribution in [1.29, 1.82) is 5.26 Å². The zero-order chi connectivity index (χ0) is 20.5. The van der Waals surface area contributed by atoms with Crippen LogP contribution in [0.15, 0.2) is 84.4 Å². The summed E-state index contributed by atoms with van der Waals surface area (Å²) in [5.41, 5.74) is 2.41. The molecule has 0 aromatic heterocycles. The van der Waals surface area contributed by atoms with Gasteiger partial charge in [0.25, 0.3) is 5.91 Å². The summed E-state index contributed by atoms with van der Waals surface area (Å²) in [6, 6.07) is 25.9. The van der Waals surface area contributed by atoms with Gasteiger partial charge < -0.3 is 14.8 Å². The monoisotopic (exact) mass is 384 g/mol. The van der Waals surface area contributed by atoms with Crippen molar-refractivity contribution in [2.24, 2.45) is 0 Å². The Morgan fingerprint density at radius 3 is 2.24 bits per heavy atom. The number of nitrogens with zero attached hydrogens (tertiary/aromatic N) is 1. The van der Waals surface area contributed by atoms with Crippen LogP contribution in [0.25, 0.3) is 6.08 Å². The molecule has 0 aliphatic carbocycles. The van der Waals surface area contributed by atoms with Crippen molar-refractivity contribution in [3.8, 4) is 17.6 Å². The highest BCUT2D eigenvalue weighted by Crippen LogP contribution is 2.19. The van der Waals surface area contributed by atoms with Crippen LogP contribution >= 0.6 is 0 Å². The molecule has 0 aliphatic heterocycles. The largest absolute Gasteiger partial charge is 0.497 e. The molecule has 1 N–H and O–H groups in total. The van der Waals surface area contributed by atoms with Crippen molar-refractivity contribution >= 4 is 17.7 Å². The summed E-state index contributed by atoms with van der Waals surface area (Å²) in [5, 5.41) is 12.1. The van der Waals surface area contributed by atoms with Gasteiger partial charge in [0.2, 0.25) is 0 Å². The Labute approximate surface area is 169 Å². The zero-order valence-electron chi connectivity index (χ0n) is 16.0. The van der Waals surface area contributed by atoms with E-state index < -0.39 is 5.91 Å². The van der Waals surface area contributed by atoms with E-state index in [1.54, 1.807) is 55.6 Å². The van der Waals surface area contributed by atoms with E-state index in [9.17, 15) is 10.1 Å². The first kappa shape index (κ1) is 19.7. The van der Waals surface area contributed by atoms with Gasteiger partial charge in [-0.1, -0.05) is 42.5 Å². The van der Waals surface area contributed by atoms with E-state index in [4.69, 9.17) is 9.47 Å². The third-order valence-corrected chi connectivity index (χ3v) is 4.15. The summed E-state index contributed by atoms with van der Waals surface area (Å²) in [6.07, 6.45) is 1.53. The van der Waals surface area contributed by atoms with Gasteiger partial charge in [-0.05, 0) is 53.6 Å². The molecule has 0 atom stereocenters. The van der Waals surface area contributed by atoms with E-state index in [0.717, 1.165) is 11.1 Å². The van der Waals surface area contributed by atoms with Crippen molar-refractivity contribution < 1.29 is 14.3 Å². The molecule has 0 aliphatic rings. The molecule has 5 heteroatoms. The lowest BCUT2D eigenvalue weighted by Gasteiger charge is -2.08. The Balaban J connectivity index is 1.61. The van der Waals surface area contributed by atoms with Crippen LogP contribution in [-0.2, 0) is 11.4 Å². The molecule has 0 radical (unpaired) electrons. The van der Waals surface area contributed by atoms with Gasteiger partial charge in [0.05, 0.1) is 7.11 Å². The lowest BCUT2D eigenvalue weighted by atomic mass is 10.1. The van der Waals surface area contributed by atoms with Crippen molar-refractivity contribution in [1.82, 2.24) is 0 Å². The highest BCUT2D eigenvalue weighted by atomic mass is 16.5. The lowest BCUT2D eigenvalue weighted by Crippen LogP contribution is -2.13. The predicted octanol–water partition coefficient (Wildman–Crippen LogP) is 4.82. The molecule has 0 heterocycles. The fourth-order valence-corrected chi connectivity index (χ4v) is 2.59. The second kappa shape index (κ2) is 9.77. The molecule has 3 aromatic carbocycles. The standard InChI is InChI=1S/C24H20N2O3/c1-28-22-11-7-18(8-12-22)15-20(16-25)24(27)26-21-9-13-23(14-10-21)29-17-19-5-3-2-4-6-19/h2-15H,17H2,1H3,(H,26,27). The lowest BCUT2D eigenvalue weighted by molar-refractivity contribution is -0.112. The van der Waals surface area contributed by atoms with Crippen molar-refractivity contribution in [2.75, 3.05) is 12.4 Å². The quantitative estimate of drug-likeness (QED) is 0.468. The summed E-state index contributed by atoms with van der Waals surface area (Å²) in [7, 11) is 1.58. The van der Waals surface area contributed by atoms with E-state index >= 15 is 0 Å². The second-order valence-corrected chi connectivity index (χ2v) is 6.20. The minimum Gasteiger partial charge on any atom is -0.497 e. The van der Waals surface area contributed by atoms with Gasteiger partial charge in [0.15, 0.2) is 0 Å². The van der Waals surface area contributed by atoms with Crippen LogP contribution in [-0.4, -0.2) is 13.0 Å². The molecular formula is C24H20N2O3. The van der Waals surface area contributed by atoms with E-state index in [0.29, 0.717) is 23.8 Å². The number of hydrogen-bond donors (Lipinski definition) is 1. The third-order valence-electron chi connectivity index (χ3n) is 4.15. The highest BCUT2D eigenvalue weighted by Gasteiger charge is 2.10. The Morgan fingerprint density at radius 2 is 1.62 bits per heavy atom. The van der Waals surface area contributed by atoms with Gasteiger partial charge >= 0.3 is 0 Å². The topological polar surface area (TPSA) is 71.3 Å². The second-order valence-electron chi connectivity index (χ2n) is 6.20. The number of methoxy groups -OCH3 is 1. The van der Waals surface area contributed by atoms with Crippen LogP contribution in [0.2, 0.25) is 0 Å². The first-order chi connectivity index (χ1) is 14.2. The van der Waals surface area contributed by atoms with Crippen LogP contribution < -0.4 is 14.8 Å². The molecule has 29 heavy (non-hydrogen) atoms. The minimum atomic E-state index is -0.471. The smallest absolute Gasteiger partial charge is 0.266 e. The average molecular weight is 384 g/mol. The van der Waals surface area contributed by atoms with Gasteiger partial charge in [0, 0.05) is 5.69 Å². The normalized spacial score (nSPS) is 10.7.